The molecule has 4 aromatic heterocycles. The van der Waals surface area contributed by atoms with Gasteiger partial charge in [-0.1, -0.05) is 109 Å². The molecule has 4 heteroatoms. The Morgan fingerprint density at radius 1 is 0.280 bits per heavy atom. The molecule has 0 amide bonds. The molecule has 0 atom stereocenters. The van der Waals surface area contributed by atoms with Crippen molar-refractivity contribution in [3.05, 3.63) is 170 Å². The average molecular weight is 637 g/mol. The smallest absolute Gasteiger partial charge is 0.0972 e. The van der Waals surface area contributed by atoms with Crippen LogP contribution in [-0.4, -0.2) is 19.9 Å². The average Bonchev–Trinajstić information content (AvgIpc) is 3.19. The summed E-state index contributed by atoms with van der Waals surface area (Å²) in [4.78, 5) is 19.7. The van der Waals surface area contributed by atoms with Crippen molar-refractivity contribution in [1.29, 1.82) is 0 Å². The number of benzene rings is 6. The third-order valence-electron chi connectivity index (χ3n) is 9.65. The maximum atomic E-state index is 5.14. The Labute approximate surface area is 288 Å². The van der Waals surface area contributed by atoms with Gasteiger partial charge in [0.25, 0.3) is 0 Å². The van der Waals surface area contributed by atoms with Gasteiger partial charge < -0.3 is 0 Å². The van der Waals surface area contributed by atoms with E-state index in [1.54, 1.807) is 0 Å². The standard InChI is InChI=1S/C46H28N4/c1-2-5-29(6-3-1)40-23-19-39-27-35(18-22-41(39)48-40)36-11-8-30-16-20-42(49-44(30)28-36)37-14-12-34-26-38(15-13-33(34)25-37)43-21-17-32-10-9-31-7-4-24-47-45(31)46(32)50-43/h1-28H. The van der Waals surface area contributed by atoms with E-state index >= 15 is 0 Å². The highest BCUT2D eigenvalue weighted by atomic mass is 14.8. The van der Waals surface area contributed by atoms with Crippen LogP contribution in [0.25, 0.3) is 99.3 Å². The number of nitrogens with zero attached hydrogens (tertiary/aromatic N) is 4. The molecule has 0 saturated carbocycles. The molecule has 0 unspecified atom stereocenters. The van der Waals surface area contributed by atoms with Crippen LogP contribution in [-0.2, 0) is 0 Å². The molecule has 10 aromatic rings. The van der Waals surface area contributed by atoms with Crippen LogP contribution in [0.1, 0.15) is 0 Å². The summed E-state index contributed by atoms with van der Waals surface area (Å²) in [5.41, 5.74) is 12.3. The maximum absolute atomic E-state index is 5.14. The molecule has 10 rings (SSSR count). The van der Waals surface area contributed by atoms with Crippen LogP contribution in [0.5, 0.6) is 0 Å². The minimum absolute atomic E-state index is 0.927. The lowest BCUT2D eigenvalue weighted by molar-refractivity contribution is 1.37. The van der Waals surface area contributed by atoms with Gasteiger partial charge in [0, 0.05) is 44.4 Å². The Hall–Kier alpha value is -6.78. The molecule has 0 aliphatic carbocycles. The zero-order valence-electron chi connectivity index (χ0n) is 27.0. The fraction of sp³-hybridized carbons (Fsp3) is 0. The van der Waals surface area contributed by atoms with E-state index in [2.05, 4.69) is 145 Å². The molecule has 0 radical (unpaired) electrons. The molecule has 50 heavy (non-hydrogen) atoms. The van der Waals surface area contributed by atoms with Gasteiger partial charge in [0.2, 0.25) is 0 Å². The molecule has 0 N–H and O–H groups in total. The Bertz CT molecular complexity index is 2930. The molecule has 232 valence electrons. The van der Waals surface area contributed by atoms with Crippen LogP contribution in [0, 0.1) is 0 Å². The van der Waals surface area contributed by atoms with Gasteiger partial charge in [-0.3, -0.25) is 4.98 Å². The highest BCUT2D eigenvalue weighted by molar-refractivity contribution is 6.03. The number of hydrogen-bond acceptors (Lipinski definition) is 4. The summed E-state index contributed by atoms with van der Waals surface area (Å²) in [5, 5.41) is 6.74. The van der Waals surface area contributed by atoms with Crippen molar-refractivity contribution in [3.63, 3.8) is 0 Å². The van der Waals surface area contributed by atoms with Gasteiger partial charge in [0.15, 0.2) is 0 Å². The number of pyridine rings is 4. The van der Waals surface area contributed by atoms with Crippen molar-refractivity contribution < 1.29 is 0 Å². The highest BCUT2D eigenvalue weighted by Gasteiger charge is 2.10. The first kappa shape index (κ1) is 28.3. The zero-order chi connectivity index (χ0) is 33.0. The Kier molecular flexibility index (Phi) is 6.46. The Morgan fingerprint density at radius 3 is 1.62 bits per heavy atom. The topological polar surface area (TPSA) is 51.6 Å². The van der Waals surface area contributed by atoms with E-state index in [1.165, 1.54) is 0 Å². The molecule has 0 bridgehead atoms. The van der Waals surface area contributed by atoms with Gasteiger partial charge in [0.05, 0.1) is 39.1 Å². The van der Waals surface area contributed by atoms with Crippen LogP contribution in [0.15, 0.2) is 170 Å². The van der Waals surface area contributed by atoms with E-state index in [0.29, 0.717) is 0 Å². The highest BCUT2D eigenvalue weighted by Crippen LogP contribution is 2.32. The van der Waals surface area contributed by atoms with Crippen molar-refractivity contribution in [2.45, 2.75) is 0 Å². The second-order valence-corrected chi connectivity index (χ2v) is 12.8. The second kappa shape index (κ2) is 11.4. The largest absolute Gasteiger partial charge is 0.254 e. The first-order valence-corrected chi connectivity index (χ1v) is 16.8. The number of aromatic nitrogens is 4. The quantitative estimate of drug-likeness (QED) is 0.180. The van der Waals surface area contributed by atoms with Crippen molar-refractivity contribution in [2.75, 3.05) is 0 Å². The van der Waals surface area contributed by atoms with Crippen molar-refractivity contribution in [1.82, 2.24) is 19.9 Å². The number of fused-ring (bicyclic) bond motifs is 6. The Morgan fingerprint density at radius 2 is 0.820 bits per heavy atom. The summed E-state index contributed by atoms with van der Waals surface area (Å²) < 4.78 is 0. The molecule has 4 nitrogen and oxygen atoms in total. The fourth-order valence-corrected chi connectivity index (χ4v) is 6.98. The van der Waals surface area contributed by atoms with E-state index in [0.717, 1.165) is 99.3 Å². The lowest BCUT2D eigenvalue weighted by Crippen LogP contribution is -1.89. The van der Waals surface area contributed by atoms with Crippen LogP contribution in [0.4, 0.5) is 0 Å². The SMILES string of the molecule is c1ccc(-c2ccc3cc(-c4ccc5ccc(-c6ccc7cc(-c8ccc9ccc%10cccnc%10c9n8)ccc7c6)nc5c4)ccc3n2)cc1. The van der Waals surface area contributed by atoms with E-state index in [4.69, 9.17) is 15.0 Å². The maximum Gasteiger partial charge on any atom is 0.0972 e. The van der Waals surface area contributed by atoms with Crippen LogP contribution in [0.2, 0.25) is 0 Å². The molecule has 4 heterocycles. The molecular weight excluding hydrogens is 609 g/mol. The van der Waals surface area contributed by atoms with Crippen LogP contribution < -0.4 is 0 Å². The number of hydrogen-bond donors (Lipinski definition) is 0. The second-order valence-electron chi connectivity index (χ2n) is 12.8. The minimum atomic E-state index is 0.927. The van der Waals surface area contributed by atoms with Gasteiger partial charge in [-0.05, 0) is 76.5 Å². The predicted octanol–water partition coefficient (Wildman–Crippen LogP) is 11.7. The molecule has 0 aliphatic rings. The third kappa shape index (κ3) is 4.94. The van der Waals surface area contributed by atoms with Crippen molar-refractivity contribution in [3.8, 4) is 44.9 Å². The summed E-state index contributed by atoms with van der Waals surface area (Å²) >= 11 is 0. The van der Waals surface area contributed by atoms with Crippen LogP contribution >= 0.6 is 0 Å². The van der Waals surface area contributed by atoms with E-state index in [9.17, 15) is 0 Å². The Balaban J connectivity index is 0.964. The summed E-state index contributed by atoms with van der Waals surface area (Å²) in [6.07, 6.45) is 1.83. The summed E-state index contributed by atoms with van der Waals surface area (Å²) in [7, 11) is 0. The van der Waals surface area contributed by atoms with Gasteiger partial charge in [-0.15, -0.1) is 0 Å². The van der Waals surface area contributed by atoms with Gasteiger partial charge in [-0.25, -0.2) is 15.0 Å². The molecule has 6 aromatic carbocycles. The monoisotopic (exact) mass is 636 g/mol. The molecule has 0 saturated heterocycles. The van der Waals surface area contributed by atoms with Crippen molar-refractivity contribution in [2.24, 2.45) is 0 Å². The van der Waals surface area contributed by atoms with Gasteiger partial charge in [0.1, 0.15) is 0 Å². The summed E-state index contributed by atoms with van der Waals surface area (Å²) in [6, 6.07) is 57.4. The molecule has 0 fully saturated rings. The molecular formula is C46H28N4. The van der Waals surface area contributed by atoms with E-state index < -0.39 is 0 Å². The van der Waals surface area contributed by atoms with Crippen molar-refractivity contribution >= 4 is 54.4 Å². The third-order valence-corrected chi connectivity index (χ3v) is 9.65. The van der Waals surface area contributed by atoms with E-state index in [1.807, 2.05) is 30.5 Å². The normalized spacial score (nSPS) is 11.6. The number of rotatable bonds is 4. The first-order valence-electron chi connectivity index (χ1n) is 16.8. The van der Waals surface area contributed by atoms with Crippen LogP contribution in [0.3, 0.4) is 0 Å². The lowest BCUT2D eigenvalue weighted by atomic mass is 9.99. The minimum Gasteiger partial charge on any atom is -0.254 e. The van der Waals surface area contributed by atoms with E-state index in [-0.39, 0.29) is 0 Å². The van der Waals surface area contributed by atoms with Gasteiger partial charge >= 0.3 is 0 Å². The lowest BCUT2D eigenvalue weighted by Gasteiger charge is -2.10. The van der Waals surface area contributed by atoms with Gasteiger partial charge in [-0.2, -0.15) is 0 Å². The predicted molar refractivity (Wildman–Crippen MR) is 207 cm³/mol. The molecule has 0 spiro atoms. The zero-order valence-corrected chi connectivity index (χ0v) is 27.0. The summed E-state index contributed by atoms with van der Waals surface area (Å²) in [6.45, 7) is 0. The molecule has 0 aliphatic heterocycles. The summed E-state index contributed by atoms with van der Waals surface area (Å²) in [5.74, 6) is 0. The first-order chi connectivity index (χ1) is 24.7. The fourth-order valence-electron chi connectivity index (χ4n) is 6.98.